The first-order valence-corrected chi connectivity index (χ1v) is 6.71. The first kappa shape index (κ1) is 17.4. The fraction of sp³-hybridized carbons (Fsp3) is 0.600. The van der Waals surface area contributed by atoms with E-state index in [1.165, 1.54) is 19.3 Å². The first-order chi connectivity index (χ1) is 9.02. The Kier molecular flexibility index (Phi) is 9.49. The van der Waals surface area contributed by atoms with Gasteiger partial charge in [0.15, 0.2) is 0 Å². The number of carboxylic acid groups (broad SMARTS) is 1. The average molecular weight is 268 g/mol. The van der Waals surface area contributed by atoms with E-state index in [1.807, 2.05) is 13.0 Å². The van der Waals surface area contributed by atoms with Gasteiger partial charge in [0.25, 0.3) is 6.47 Å². The number of hydrogen-bond acceptors (Lipinski definition) is 3. The molecule has 108 valence electrons. The summed E-state index contributed by atoms with van der Waals surface area (Å²) in [4.78, 5) is 21.2. The standard InChI is InChI=1S/C15H24O4/c1-4-5-6-7-8-9-12(2)15(19-11-16)13(3)10-14(17)18/h9,11H,4-8,10H2,1-3H3,(H,17,18)/b12-9-,15-13+. The lowest BCUT2D eigenvalue weighted by atomic mass is 10.1. The van der Waals surface area contributed by atoms with Gasteiger partial charge in [0.1, 0.15) is 5.76 Å². The van der Waals surface area contributed by atoms with E-state index in [0.29, 0.717) is 17.8 Å². The summed E-state index contributed by atoms with van der Waals surface area (Å²) in [5.41, 5.74) is 1.38. The minimum absolute atomic E-state index is 0.121. The predicted octanol–water partition coefficient (Wildman–Crippen LogP) is 3.82. The van der Waals surface area contributed by atoms with Crippen LogP contribution in [0.2, 0.25) is 0 Å². The van der Waals surface area contributed by atoms with Crippen molar-refractivity contribution in [1.82, 2.24) is 0 Å². The van der Waals surface area contributed by atoms with Crippen LogP contribution in [0.5, 0.6) is 0 Å². The molecule has 1 N–H and O–H groups in total. The third kappa shape index (κ3) is 8.19. The second kappa shape index (κ2) is 10.4. The molecule has 0 atom stereocenters. The number of aliphatic carboxylic acids is 1. The van der Waals surface area contributed by atoms with Crippen LogP contribution in [-0.4, -0.2) is 17.5 Å². The lowest BCUT2D eigenvalue weighted by molar-refractivity contribution is -0.136. The first-order valence-electron chi connectivity index (χ1n) is 6.71. The smallest absolute Gasteiger partial charge is 0.307 e. The van der Waals surface area contributed by atoms with Gasteiger partial charge in [-0.15, -0.1) is 0 Å². The number of unbranched alkanes of at least 4 members (excludes halogenated alkanes) is 4. The largest absolute Gasteiger partial charge is 0.481 e. The zero-order valence-electron chi connectivity index (χ0n) is 12.1. The van der Waals surface area contributed by atoms with Crippen LogP contribution in [0.25, 0.3) is 0 Å². The number of carbonyl (C=O) groups is 2. The van der Waals surface area contributed by atoms with Gasteiger partial charge >= 0.3 is 5.97 Å². The van der Waals surface area contributed by atoms with Crippen LogP contribution >= 0.6 is 0 Å². The molecule has 0 saturated carbocycles. The number of carbonyl (C=O) groups excluding carboxylic acids is 1. The van der Waals surface area contributed by atoms with Gasteiger partial charge in [-0.1, -0.05) is 32.3 Å². The number of hydrogen-bond donors (Lipinski definition) is 1. The van der Waals surface area contributed by atoms with Crippen molar-refractivity contribution < 1.29 is 19.4 Å². The Hall–Kier alpha value is -1.58. The van der Waals surface area contributed by atoms with Crippen molar-refractivity contribution in [2.45, 2.75) is 59.3 Å². The molecule has 0 aliphatic rings. The van der Waals surface area contributed by atoms with Gasteiger partial charge in [0.2, 0.25) is 0 Å². The van der Waals surface area contributed by atoms with E-state index >= 15 is 0 Å². The van der Waals surface area contributed by atoms with Crippen LogP contribution in [0, 0.1) is 0 Å². The molecular formula is C15H24O4. The molecule has 0 aromatic rings. The molecule has 4 heteroatoms. The molecule has 4 nitrogen and oxygen atoms in total. The van der Waals surface area contributed by atoms with E-state index in [9.17, 15) is 9.59 Å². The highest BCUT2D eigenvalue weighted by molar-refractivity contribution is 5.70. The Balaban J connectivity index is 4.63. The molecule has 0 rings (SSSR count). The monoisotopic (exact) mass is 268 g/mol. The maximum Gasteiger partial charge on any atom is 0.307 e. The molecule has 19 heavy (non-hydrogen) atoms. The molecular weight excluding hydrogens is 244 g/mol. The molecule has 0 saturated heterocycles. The number of rotatable bonds is 10. The van der Waals surface area contributed by atoms with Gasteiger partial charge in [0.05, 0.1) is 6.42 Å². The van der Waals surface area contributed by atoms with Gasteiger partial charge in [-0.3, -0.25) is 9.59 Å². The quantitative estimate of drug-likeness (QED) is 0.283. The molecule has 0 bridgehead atoms. The second-order valence-corrected chi connectivity index (χ2v) is 4.63. The van der Waals surface area contributed by atoms with Crippen LogP contribution < -0.4 is 0 Å². The summed E-state index contributed by atoms with van der Waals surface area (Å²) in [6.45, 7) is 6.01. The number of allylic oxidation sites excluding steroid dienone is 2. The molecule has 0 spiro atoms. The van der Waals surface area contributed by atoms with Crippen molar-refractivity contribution in [3.8, 4) is 0 Å². The summed E-state index contributed by atoms with van der Waals surface area (Å²) in [7, 11) is 0. The summed E-state index contributed by atoms with van der Waals surface area (Å²) in [5, 5.41) is 8.76. The minimum atomic E-state index is -0.930. The van der Waals surface area contributed by atoms with E-state index in [1.54, 1.807) is 6.92 Å². The highest BCUT2D eigenvalue weighted by atomic mass is 16.5. The molecule has 0 unspecified atom stereocenters. The zero-order chi connectivity index (χ0) is 14.7. The summed E-state index contributed by atoms with van der Waals surface area (Å²) in [6, 6.07) is 0. The normalized spacial score (nSPS) is 12.9. The molecule has 0 amide bonds. The highest BCUT2D eigenvalue weighted by Gasteiger charge is 2.09. The lowest BCUT2D eigenvalue weighted by Gasteiger charge is -2.09. The third-order valence-electron chi connectivity index (χ3n) is 2.84. The SMILES string of the molecule is CCCCCC/C=C(C)\C(OC=O)=C(\C)CC(=O)O. The summed E-state index contributed by atoms with van der Waals surface area (Å²) in [5.74, 6) is -0.548. The third-order valence-corrected chi connectivity index (χ3v) is 2.84. The van der Waals surface area contributed by atoms with Crippen molar-refractivity contribution in [2.24, 2.45) is 0 Å². The molecule has 0 aromatic heterocycles. The second-order valence-electron chi connectivity index (χ2n) is 4.63. The van der Waals surface area contributed by atoms with E-state index in [0.717, 1.165) is 18.4 Å². The van der Waals surface area contributed by atoms with Crippen molar-refractivity contribution in [3.05, 3.63) is 23.0 Å². The van der Waals surface area contributed by atoms with Crippen LogP contribution in [-0.2, 0) is 14.3 Å². The van der Waals surface area contributed by atoms with Crippen molar-refractivity contribution in [2.75, 3.05) is 0 Å². The highest BCUT2D eigenvalue weighted by Crippen LogP contribution is 2.19. The Labute approximate surface area is 115 Å². The van der Waals surface area contributed by atoms with Gasteiger partial charge in [0, 0.05) is 0 Å². The summed E-state index contributed by atoms with van der Waals surface area (Å²) >= 11 is 0. The lowest BCUT2D eigenvalue weighted by Crippen LogP contribution is -2.02. The fourth-order valence-electron chi connectivity index (χ4n) is 1.87. The van der Waals surface area contributed by atoms with Gasteiger partial charge in [-0.25, -0.2) is 0 Å². The molecule has 0 aliphatic heterocycles. The number of ether oxygens (including phenoxy) is 1. The number of carboxylic acids is 1. The van der Waals surface area contributed by atoms with Crippen LogP contribution in [0.4, 0.5) is 0 Å². The van der Waals surface area contributed by atoms with Crippen LogP contribution in [0.1, 0.15) is 59.3 Å². The van der Waals surface area contributed by atoms with E-state index in [-0.39, 0.29) is 6.42 Å². The van der Waals surface area contributed by atoms with E-state index in [2.05, 4.69) is 6.92 Å². The Morgan fingerprint density at radius 2 is 1.89 bits per heavy atom. The molecule has 0 aliphatic carbocycles. The molecule has 0 radical (unpaired) electrons. The van der Waals surface area contributed by atoms with Gasteiger partial charge in [-0.2, -0.15) is 0 Å². The maximum atomic E-state index is 10.7. The molecule has 0 fully saturated rings. The van der Waals surface area contributed by atoms with Gasteiger partial charge < -0.3 is 9.84 Å². The van der Waals surface area contributed by atoms with Gasteiger partial charge in [-0.05, 0) is 37.8 Å². The Morgan fingerprint density at radius 3 is 2.42 bits per heavy atom. The fourth-order valence-corrected chi connectivity index (χ4v) is 1.87. The average Bonchev–Trinajstić information content (AvgIpc) is 2.34. The molecule has 0 aromatic carbocycles. The predicted molar refractivity (Wildman–Crippen MR) is 74.6 cm³/mol. The van der Waals surface area contributed by atoms with E-state index in [4.69, 9.17) is 9.84 Å². The zero-order valence-corrected chi connectivity index (χ0v) is 12.1. The molecule has 0 heterocycles. The summed E-state index contributed by atoms with van der Waals surface area (Å²) < 4.78 is 4.91. The topological polar surface area (TPSA) is 63.6 Å². The van der Waals surface area contributed by atoms with Crippen molar-refractivity contribution in [3.63, 3.8) is 0 Å². The summed E-state index contributed by atoms with van der Waals surface area (Å²) in [6.07, 6.45) is 7.49. The van der Waals surface area contributed by atoms with Crippen molar-refractivity contribution >= 4 is 12.4 Å². The Bertz CT molecular complexity index is 353. The van der Waals surface area contributed by atoms with E-state index < -0.39 is 5.97 Å². The van der Waals surface area contributed by atoms with Crippen LogP contribution in [0.15, 0.2) is 23.0 Å². The Morgan fingerprint density at radius 1 is 1.21 bits per heavy atom. The maximum absolute atomic E-state index is 10.7. The van der Waals surface area contributed by atoms with Crippen molar-refractivity contribution in [1.29, 1.82) is 0 Å². The van der Waals surface area contributed by atoms with Crippen LogP contribution in [0.3, 0.4) is 0 Å². The minimum Gasteiger partial charge on any atom is -0.481 e.